The van der Waals surface area contributed by atoms with Crippen molar-refractivity contribution < 1.29 is 9.90 Å². The Balaban J connectivity index is 1.71. The van der Waals surface area contributed by atoms with Gasteiger partial charge in [-0.1, -0.05) is 6.07 Å². The molecule has 0 radical (unpaired) electrons. The molecule has 0 aliphatic heterocycles. The van der Waals surface area contributed by atoms with Gasteiger partial charge in [0.1, 0.15) is 5.65 Å². The van der Waals surface area contributed by atoms with Gasteiger partial charge in [-0.05, 0) is 18.6 Å². The van der Waals surface area contributed by atoms with E-state index in [-0.39, 0.29) is 5.69 Å². The molecule has 0 saturated carbocycles. The smallest absolute Gasteiger partial charge is 0.356 e. The van der Waals surface area contributed by atoms with Crippen molar-refractivity contribution in [1.82, 2.24) is 18.9 Å². The van der Waals surface area contributed by atoms with Crippen LogP contribution in [0, 0.1) is 0 Å². The van der Waals surface area contributed by atoms with E-state index in [0.29, 0.717) is 18.0 Å². The Hall–Kier alpha value is -2.83. The molecular weight excluding hydrogens is 270 g/mol. The summed E-state index contributed by atoms with van der Waals surface area (Å²) in [6.45, 7) is 1.46. The lowest BCUT2D eigenvalue weighted by Gasteiger charge is -2.05. The first-order chi connectivity index (χ1) is 10.3. The molecule has 3 rings (SSSR count). The first-order valence-electron chi connectivity index (χ1n) is 6.65. The number of fused-ring (bicyclic) bond motifs is 1. The fourth-order valence-corrected chi connectivity index (χ4v) is 2.21. The molecule has 0 aromatic carbocycles. The van der Waals surface area contributed by atoms with Crippen LogP contribution in [0.1, 0.15) is 16.9 Å². The van der Waals surface area contributed by atoms with Crippen molar-refractivity contribution in [3.63, 3.8) is 0 Å². The molecular formula is C14H15N5O2. The maximum atomic E-state index is 11.4. The SMILES string of the molecule is O=C(O)c1c(NCCCn2ccnc2)nc2ccccn12. The molecule has 0 unspecified atom stereocenters. The summed E-state index contributed by atoms with van der Waals surface area (Å²) in [6.07, 6.45) is 7.94. The average Bonchev–Trinajstić information content (AvgIpc) is 3.10. The van der Waals surface area contributed by atoms with Crippen LogP contribution in [0.4, 0.5) is 5.82 Å². The van der Waals surface area contributed by atoms with Gasteiger partial charge in [0.2, 0.25) is 0 Å². The number of carbonyl (C=O) groups is 1. The zero-order valence-corrected chi connectivity index (χ0v) is 11.3. The van der Waals surface area contributed by atoms with Crippen LogP contribution in [-0.2, 0) is 6.54 Å². The molecule has 21 heavy (non-hydrogen) atoms. The fourth-order valence-electron chi connectivity index (χ4n) is 2.21. The van der Waals surface area contributed by atoms with Crippen LogP contribution in [-0.4, -0.2) is 36.6 Å². The summed E-state index contributed by atoms with van der Waals surface area (Å²) in [5.41, 5.74) is 0.778. The number of aryl methyl sites for hydroxylation is 1. The summed E-state index contributed by atoms with van der Waals surface area (Å²) < 4.78 is 3.55. The molecule has 3 aromatic heterocycles. The molecule has 0 aliphatic carbocycles. The summed E-state index contributed by atoms with van der Waals surface area (Å²) in [4.78, 5) is 19.7. The molecule has 0 bridgehead atoms. The van der Waals surface area contributed by atoms with Crippen LogP contribution in [0.5, 0.6) is 0 Å². The van der Waals surface area contributed by atoms with Crippen LogP contribution in [0.2, 0.25) is 0 Å². The zero-order chi connectivity index (χ0) is 14.7. The Labute approximate surface area is 120 Å². The van der Waals surface area contributed by atoms with Gasteiger partial charge in [0.25, 0.3) is 0 Å². The Morgan fingerprint density at radius 2 is 2.24 bits per heavy atom. The Bertz CT molecular complexity index is 748. The third-order valence-corrected chi connectivity index (χ3v) is 3.18. The number of hydrogen-bond acceptors (Lipinski definition) is 4. The number of carboxylic acids is 1. The largest absolute Gasteiger partial charge is 0.476 e. The van der Waals surface area contributed by atoms with E-state index in [0.717, 1.165) is 13.0 Å². The minimum absolute atomic E-state index is 0.160. The lowest BCUT2D eigenvalue weighted by molar-refractivity contribution is 0.0690. The highest BCUT2D eigenvalue weighted by molar-refractivity contribution is 5.92. The summed E-state index contributed by atoms with van der Waals surface area (Å²) in [5, 5.41) is 12.4. The van der Waals surface area contributed by atoms with Gasteiger partial charge >= 0.3 is 5.97 Å². The number of imidazole rings is 2. The molecule has 108 valence electrons. The van der Waals surface area contributed by atoms with Crippen LogP contribution in [0.3, 0.4) is 0 Å². The monoisotopic (exact) mass is 285 g/mol. The summed E-state index contributed by atoms with van der Waals surface area (Å²) in [5.74, 6) is -0.592. The fraction of sp³-hybridized carbons (Fsp3) is 0.214. The van der Waals surface area contributed by atoms with E-state index in [1.54, 1.807) is 35.3 Å². The first kappa shape index (κ1) is 13.2. The minimum Gasteiger partial charge on any atom is -0.476 e. The summed E-state index contributed by atoms with van der Waals surface area (Å²) in [6, 6.07) is 5.39. The molecule has 3 aromatic rings. The van der Waals surface area contributed by atoms with Crippen molar-refractivity contribution in [2.24, 2.45) is 0 Å². The van der Waals surface area contributed by atoms with Crippen LogP contribution in [0.15, 0.2) is 43.1 Å². The summed E-state index contributed by atoms with van der Waals surface area (Å²) >= 11 is 0. The van der Waals surface area contributed by atoms with Gasteiger partial charge in [0.05, 0.1) is 6.33 Å². The van der Waals surface area contributed by atoms with Crippen molar-refractivity contribution >= 4 is 17.4 Å². The molecule has 0 atom stereocenters. The van der Waals surface area contributed by atoms with E-state index in [9.17, 15) is 9.90 Å². The van der Waals surface area contributed by atoms with Gasteiger partial charge in [-0.15, -0.1) is 0 Å². The average molecular weight is 285 g/mol. The Morgan fingerprint density at radius 1 is 1.33 bits per heavy atom. The molecule has 0 saturated heterocycles. The van der Waals surface area contributed by atoms with Crippen LogP contribution >= 0.6 is 0 Å². The number of nitrogens with zero attached hydrogens (tertiary/aromatic N) is 4. The molecule has 3 heterocycles. The second-order valence-corrected chi connectivity index (χ2v) is 4.62. The van der Waals surface area contributed by atoms with Gasteiger partial charge in [-0.3, -0.25) is 4.40 Å². The third-order valence-electron chi connectivity index (χ3n) is 3.18. The predicted octanol–water partition coefficient (Wildman–Crippen LogP) is 1.73. The van der Waals surface area contributed by atoms with Crippen LogP contribution < -0.4 is 5.32 Å². The van der Waals surface area contributed by atoms with Gasteiger partial charge in [0, 0.05) is 31.7 Å². The highest BCUT2D eigenvalue weighted by atomic mass is 16.4. The van der Waals surface area contributed by atoms with Crippen molar-refractivity contribution in [3.05, 3.63) is 48.8 Å². The molecule has 7 nitrogen and oxygen atoms in total. The maximum absolute atomic E-state index is 11.4. The lowest BCUT2D eigenvalue weighted by Crippen LogP contribution is -2.10. The third kappa shape index (κ3) is 2.71. The first-order valence-corrected chi connectivity index (χ1v) is 6.65. The Kier molecular flexibility index (Phi) is 3.55. The number of pyridine rings is 1. The number of nitrogens with one attached hydrogen (secondary N) is 1. The Morgan fingerprint density at radius 3 is 3.00 bits per heavy atom. The van der Waals surface area contributed by atoms with E-state index in [4.69, 9.17) is 0 Å². The predicted molar refractivity (Wildman–Crippen MR) is 77.5 cm³/mol. The van der Waals surface area contributed by atoms with E-state index in [1.165, 1.54) is 0 Å². The van der Waals surface area contributed by atoms with Gasteiger partial charge in [0.15, 0.2) is 11.5 Å². The minimum atomic E-state index is -0.995. The molecule has 0 amide bonds. The van der Waals surface area contributed by atoms with Gasteiger partial charge in [-0.2, -0.15) is 0 Å². The van der Waals surface area contributed by atoms with E-state index >= 15 is 0 Å². The molecule has 0 spiro atoms. The van der Waals surface area contributed by atoms with Gasteiger partial charge < -0.3 is 15.0 Å². The zero-order valence-electron chi connectivity index (χ0n) is 11.3. The van der Waals surface area contributed by atoms with Crippen molar-refractivity contribution in [2.45, 2.75) is 13.0 Å². The number of hydrogen-bond donors (Lipinski definition) is 2. The van der Waals surface area contributed by atoms with E-state index in [2.05, 4.69) is 15.3 Å². The number of aromatic carboxylic acids is 1. The molecule has 0 fully saturated rings. The summed E-state index contributed by atoms with van der Waals surface area (Å²) in [7, 11) is 0. The number of aromatic nitrogens is 4. The number of carboxylic acid groups (broad SMARTS) is 1. The van der Waals surface area contributed by atoms with Crippen LogP contribution in [0.25, 0.3) is 5.65 Å². The van der Waals surface area contributed by atoms with E-state index < -0.39 is 5.97 Å². The maximum Gasteiger partial charge on any atom is 0.356 e. The number of rotatable bonds is 6. The van der Waals surface area contributed by atoms with E-state index in [1.807, 2.05) is 16.8 Å². The molecule has 0 aliphatic rings. The van der Waals surface area contributed by atoms with Crippen molar-refractivity contribution in [3.8, 4) is 0 Å². The highest BCUT2D eigenvalue weighted by Crippen LogP contribution is 2.17. The van der Waals surface area contributed by atoms with Gasteiger partial charge in [-0.25, -0.2) is 14.8 Å². The molecule has 2 N–H and O–H groups in total. The lowest BCUT2D eigenvalue weighted by atomic mass is 10.3. The standard InChI is InChI=1S/C14H15N5O2/c20-14(21)12-13(17-11-4-1-2-8-19(11)12)16-5-3-7-18-9-6-15-10-18/h1-2,4,6,8-10,16H,3,5,7H2,(H,20,21). The second-order valence-electron chi connectivity index (χ2n) is 4.62. The normalized spacial score (nSPS) is 10.9. The quantitative estimate of drug-likeness (QED) is 0.674. The molecule has 7 heteroatoms. The van der Waals surface area contributed by atoms with Crippen molar-refractivity contribution in [2.75, 3.05) is 11.9 Å². The highest BCUT2D eigenvalue weighted by Gasteiger charge is 2.17. The van der Waals surface area contributed by atoms with Crippen molar-refractivity contribution in [1.29, 1.82) is 0 Å². The topological polar surface area (TPSA) is 84.5 Å². The second kappa shape index (κ2) is 5.66. The number of anilines is 1.